The van der Waals surface area contributed by atoms with Gasteiger partial charge in [0.05, 0.1) is 4.53 Å². The van der Waals surface area contributed by atoms with Crippen molar-refractivity contribution in [3.05, 3.63) is 79.6 Å². The molecule has 136 valence electrons. The smallest absolute Gasteiger partial charge is 0.266 e. The number of aromatic nitrogens is 3. The molecule has 0 bridgehead atoms. The summed E-state index contributed by atoms with van der Waals surface area (Å²) < 4.78 is 1.99. The van der Waals surface area contributed by atoms with Crippen molar-refractivity contribution in [1.29, 1.82) is 0 Å². The fraction of sp³-hybridized carbons (Fsp3) is 0.190. The van der Waals surface area contributed by atoms with Crippen LogP contribution in [0.1, 0.15) is 31.9 Å². The van der Waals surface area contributed by atoms with Crippen molar-refractivity contribution in [2.24, 2.45) is 0 Å². The molecule has 2 heterocycles. The summed E-state index contributed by atoms with van der Waals surface area (Å²) in [5.74, 6) is 0.524. The molecule has 4 rings (SSSR count). The highest BCUT2D eigenvalue weighted by atomic mass is 35.5. The Hall–Kier alpha value is -2.50. The first-order chi connectivity index (χ1) is 12.8. The fourth-order valence-corrected chi connectivity index (χ4v) is 3.82. The van der Waals surface area contributed by atoms with Gasteiger partial charge in [0.15, 0.2) is 5.82 Å². The molecule has 2 aromatic carbocycles. The molecular formula is C21H18ClN3OS. The Labute approximate surface area is 165 Å². The zero-order valence-electron chi connectivity index (χ0n) is 15.2. The Morgan fingerprint density at radius 2 is 1.70 bits per heavy atom. The van der Waals surface area contributed by atoms with Gasteiger partial charge >= 0.3 is 0 Å². The molecule has 0 unspecified atom stereocenters. The van der Waals surface area contributed by atoms with Crippen LogP contribution in [-0.4, -0.2) is 14.6 Å². The minimum Gasteiger partial charge on any atom is -0.266 e. The highest BCUT2D eigenvalue weighted by molar-refractivity contribution is 7.15. The third-order valence-electron chi connectivity index (χ3n) is 4.36. The Morgan fingerprint density at radius 1 is 1.04 bits per heavy atom. The minimum absolute atomic E-state index is 0.105. The summed E-state index contributed by atoms with van der Waals surface area (Å²) >= 11 is 7.26. The summed E-state index contributed by atoms with van der Waals surface area (Å²) in [5, 5.41) is 5.01. The van der Waals surface area contributed by atoms with Crippen LogP contribution in [0.2, 0.25) is 5.02 Å². The zero-order chi connectivity index (χ0) is 19.2. The van der Waals surface area contributed by atoms with Crippen molar-refractivity contribution in [3.63, 3.8) is 0 Å². The average Bonchev–Trinajstić information content (AvgIpc) is 3.15. The first-order valence-corrected chi connectivity index (χ1v) is 9.78. The highest BCUT2D eigenvalue weighted by Gasteiger charge is 2.14. The third-order valence-corrected chi connectivity index (χ3v) is 5.57. The van der Waals surface area contributed by atoms with Crippen molar-refractivity contribution in [3.8, 4) is 11.4 Å². The maximum atomic E-state index is 12.7. The number of hydrogen-bond donors (Lipinski definition) is 0. The van der Waals surface area contributed by atoms with Gasteiger partial charge in [-0.3, -0.25) is 4.79 Å². The van der Waals surface area contributed by atoms with E-state index in [4.69, 9.17) is 11.6 Å². The van der Waals surface area contributed by atoms with Crippen LogP contribution in [-0.2, 0) is 5.41 Å². The molecular weight excluding hydrogens is 378 g/mol. The van der Waals surface area contributed by atoms with Crippen molar-refractivity contribution in [2.75, 3.05) is 0 Å². The number of halogens is 1. The van der Waals surface area contributed by atoms with Gasteiger partial charge in [-0.25, -0.2) is 0 Å². The SMILES string of the molecule is CC(C)(C)c1ccc(/C=c2/sc3nc(-c4ccc(Cl)cc4)nn3c2=O)cc1. The average molecular weight is 396 g/mol. The van der Waals surface area contributed by atoms with Crippen LogP contribution in [0.15, 0.2) is 53.3 Å². The summed E-state index contributed by atoms with van der Waals surface area (Å²) in [4.78, 5) is 17.8. The lowest BCUT2D eigenvalue weighted by Crippen LogP contribution is -2.23. The standard InChI is InChI=1S/C21H18ClN3OS/c1-21(2,3)15-8-4-13(5-9-15)12-17-19(26)25-20(27-17)23-18(24-25)14-6-10-16(22)11-7-14/h4-12H,1-3H3/b17-12+. The lowest BCUT2D eigenvalue weighted by molar-refractivity contribution is 0.590. The molecule has 2 aromatic heterocycles. The third kappa shape index (κ3) is 3.53. The van der Waals surface area contributed by atoms with Crippen LogP contribution in [0.3, 0.4) is 0 Å². The van der Waals surface area contributed by atoms with Crippen LogP contribution in [0.5, 0.6) is 0 Å². The second kappa shape index (κ2) is 6.59. The fourth-order valence-electron chi connectivity index (χ4n) is 2.79. The molecule has 6 heteroatoms. The van der Waals surface area contributed by atoms with Gasteiger partial charge in [0, 0.05) is 10.6 Å². The first kappa shape index (κ1) is 17.9. The highest BCUT2D eigenvalue weighted by Crippen LogP contribution is 2.22. The predicted octanol–water partition coefficient (Wildman–Crippen LogP) is 4.32. The van der Waals surface area contributed by atoms with E-state index in [0.29, 0.717) is 20.3 Å². The summed E-state index contributed by atoms with van der Waals surface area (Å²) in [6.45, 7) is 6.54. The van der Waals surface area contributed by atoms with Gasteiger partial charge in [-0.15, -0.1) is 5.10 Å². The molecule has 0 radical (unpaired) electrons. The van der Waals surface area contributed by atoms with Crippen molar-refractivity contribution in [1.82, 2.24) is 14.6 Å². The van der Waals surface area contributed by atoms with Crippen molar-refractivity contribution in [2.45, 2.75) is 26.2 Å². The van der Waals surface area contributed by atoms with E-state index < -0.39 is 0 Å². The lowest BCUT2D eigenvalue weighted by atomic mass is 9.87. The number of thiazole rings is 1. The number of fused-ring (bicyclic) bond motifs is 1. The molecule has 27 heavy (non-hydrogen) atoms. The normalized spacial score (nSPS) is 12.8. The summed E-state index contributed by atoms with van der Waals surface area (Å²) in [6, 6.07) is 15.5. The van der Waals surface area contributed by atoms with E-state index in [0.717, 1.165) is 11.1 Å². The van der Waals surface area contributed by atoms with Crippen molar-refractivity contribution >= 4 is 34.0 Å². The number of rotatable bonds is 2. The zero-order valence-corrected chi connectivity index (χ0v) is 16.8. The molecule has 0 fully saturated rings. The van der Waals surface area contributed by atoms with Crippen molar-refractivity contribution < 1.29 is 0 Å². The van der Waals surface area contributed by atoms with E-state index in [1.807, 2.05) is 30.3 Å². The van der Waals surface area contributed by atoms with E-state index in [-0.39, 0.29) is 11.0 Å². The van der Waals surface area contributed by atoms with Crippen LogP contribution in [0.4, 0.5) is 0 Å². The van der Waals surface area contributed by atoms with Gasteiger partial charge in [0.2, 0.25) is 4.96 Å². The van der Waals surface area contributed by atoms with E-state index in [9.17, 15) is 4.79 Å². The van der Waals surface area contributed by atoms with E-state index in [2.05, 4.69) is 43.0 Å². The molecule has 0 aliphatic carbocycles. The Bertz CT molecular complexity index is 1220. The Kier molecular flexibility index (Phi) is 4.36. The maximum absolute atomic E-state index is 12.7. The summed E-state index contributed by atoms with van der Waals surface area (Å²) in [6.07, 6.45) is 1.89. The van der Waals surface area contributed by atoms with Gasteiger partial charge in [-0.05, 0) is 46.9 Å². The van der Waals surface area contributed by atoms with Crippen LogP contribution in [0.25, 0.3) is 22.4 Å². The largest absolute Gasteiger partial charge is 0.291 e. The number of hydrogen-bond acceptors (Lipinski definition) is 4. The van der Waals surface area contributed by atoms with Crippen LogP contribution < -0.4 is 10.1 Å². The number of benzene rings is 2. The Balaban J connectivity index is 1.72. The maximum Gasteiger partial charge on any atom is 0.291 e. The van der Waals surface area contributed by atoms with Crippen LogP contribution >= 0.6 is 22.9 Å². The molecule has 0 N–H and O–H groups in total. The lowest BCUT2D eigenvalue weighted by Gasteiger charge is -2.18. The van der Waals surface area contributed by atoms with E-state index >= 15 is 0 Å². The van der Waals surface area contributed by atoms with E-state index in [1.165, 1.54) is 21.4 Å². The molecule has 4 nitrogen and oxygen atoms in total. The second-order valence-corrected chi connectivity index (χ2v) is 8.87. The van der Waals surface area contributed by atoms with Gasteiger partial charge in [-0.1, -0.05) is 68.0 Å². The Morgan fingerprint density at radius 3 is 2.30 bits per heavy atom. The minimum atomic E-state index is -0.150. The second-order valence-electron chi connectivity index (χ2n) is 7.42. The van der Waals surface area contributed by atoms with Gasteiger partial charge < -0.3 is 0 Å². The molecule has 0 atom stereocenters. The van der Waals surface area contributed by atoms with Gasteiger partial charge in [0.1, 0.15) is 0 Å². The first-order valence-electron chi connectivity index (χ1n) is 8.59. The van der Waals surface area contributed by atoms with Crippen LogP contribution in [0, 0.1) is 0 Å². The molecule has 4 aromatic rings. The number of nitrogens with zero attached hydrogens (tertiary/aromatic N) is 3. The van der Waals surface area contributed by atoms with Gasteiger partial charge in [0.25, 0.3) is 5.56 Å². The molecule has 0 saturated heterocycles. The molecule has 0 spiro atoms. The summed E-state index contributed by atoms with van der Waals surface area (Å²) in [7, 11) is 0. The monoisotopic (exact) mass is 395 g/mol. The summed E-state index contributed by atoms with van der Waals surface area (Å²) in [5.41, 5.74) is 3.04. The topological polar surface area (TPSA) is 47.3 Å². The predicted molar refractivity (Wildman–Crippen MR) is 112 cm³/mol. The molecule has 0 aliphatic rings. The molecule has 0 amide bonds. The molecule has 0 saturated carbocycles. The van der Waals surface area contributed by atoms with Gasteiger partial charge in [-0.2, -0.15) is 9.50 Å². The quantitative estimate of drug-likeness (QED) is 0.508. The van der Waals surface area contributed by atoms with E-state index in [1.54, 1.807) is 12.1 Å². The molecule has 0 aliphatic heterocycles.